The topological polar surface area (TPSA) is 41.8 Å². The molecule has 0 aromatic rings. The largest absolute Gasteiger partial charge is 0.333 e. The number of sulfonamides is 1. The molecule has 5 heteroatoms. The second-order valence-corrected chi connectivity index (χ2v) is 8.55. The highest BCUT2D eigenvalue weighted by Gasteiger charge is 2.38. The monoisotopic (exact) mass is 285 g/mol. The molecule has 0 aromatic carbocycles. The van der Waals surface area contributed by atoms with E-state index in [2.05, 4.69) is 12.2 Å². The molecule has 2 bridgehead atoms. The van der Waals surface area contributed by atoms with Gasteiger partial charge in [0, 0.05) is 5.92 Å². The van der Waals surface area contributed by atoms with Crippen LogP contribution >= 0.6 is 0 Å². The molecule has 1 aliphatic heterocycles. The average Bonchev–Trinajstić information content (AvgIpc) is 3.02. The lowest BCUT2D eigenvalue weighted by molar-refractivity contribution is -0.907. The van der Waals surface area contributed by atoms with E-state index in [0.29, 0.717) is 13.1 Å². The average molecular weight is 285 g/mol. The maximum absolute atomic E-state index is 11.8. The minimum atomic E-state index is -2.97. The molecular weight excluding hydrogens is 260 g/mol. The Kier molecular flexibility index (Phi) is 3.71. The molecule has 1 N–H and O–H groups in total. The van der Waals surface area contributed by atoms with Crippen molar-refractivity contribution < 1.29 is 13.3 Å². The van der Waals surface area contributed by atoms with Crippen molar-refractivity contribution in [2.75, 3.05) is 38.5 Å². The molecule has 4 nitrogen and oxygen atoms in total. The number of rotatable bonds is 4. The minimum absolute atomic E-state index is 0.236. The zero-order valence-corrected chi connectivity index (χ0v) is 12.5. The van der Waals surface area contributed by atoms with Gasteiger partial charge in [-0.2, -0.15) is 4.31 Å². The van der Waals surface area contributed by atoms with Crippen molar-refractivity contribution in [3.8, 4) is 0 Å². The van der Waals surface area contributed by atoms with E-state index in [1.165, 1.54) is 19.4 Å². The van der Waals surface area contributed by atoms with Crippen molar-refractivity contribution in [1.82, 2.24) is 4.31 Å². The van der Waals surface area contributed by atoms with Gasteiger partial charge in [0.25, 0.3) is 0 Å². The first kappa shape index (κ1) is 13.6. The normalized spacial score (nSPS) is 36.2. The van der Waals surface area contributed by atoms with Gasteiger partial charge < -0.3 is 4.90 Å². The lowest BCUT2D eigenvalue weighted by Crippen LogP contribution is -3.15. The molecule has 0 aromatic heterocycles. The summed E-state index contributed by atoms with van der Waals surface area (Å²) >= 11 is 0. The van der Waals surface area contributed by atoms with Gasteiger partial charge in [-0.25, -0.2) is 8.42 Å². The molecule has 108 valence electrons. The number of nitrogens with zero attached hydrogens (tertiary/aromatic N) is 1. The molecule has 0 spiro atoms. The first-order valence-electron chi connectivity index (χ1n) is 7.58. The van der Waals surface area contributed by atoms with Gasteiger partial charge >= 0.3 is 0 Å². The summed E-state index contributed by atoms with van der Waals surface area (Å²) in [4.78, 5) is 1.61. The van der Waals surface area contributed by atoms with Crippen LogP contribution in [0.5, 0.6) is 0 Å². The van der Waals surface area contributed by atoms with E-state index in [4.69, 9.17) is 0 Å². The second-order valence-electron chi connectivity index (χ2n) is 6.29. The Morgan fingerprint density at radius 2 is 1.95 bits per heavy atom. The highest BCUT2D eigenvalue weighted by atomic mass is 32.2. The first-order chi connectivity index (χ1) is 9.08. The summed E-state index contributed by atoms with van der Waals surface area (Å²) < 4.78 is 25.3. The lowest BCUT2D eigenvalue weighted by atomic mass is 9.93. The van der Waals surface area contributed by atoms with Crippen molar-refractivity contribution in [3.05, 3.63) is 12.2 Å². The summed E-state index contributed by atoms with van der Waals surface area (Å²) in [6.07, 6.45) is 7.54. The summed E-state index contributed by atoms with van der Waals surface area (Å²) in [6, 6.07) is 0. The molecule has 1 heterocycles. The standard InChI is InChI=1S/C14H24N2O2S/c1-2-19(17,18)16-7-5-15(6-8-16)11-14-10-12-3-4-13(14)9-12/h3-4,12-14H,2,5-11H2,1H3/p+1/t12-,13+,14+/m0/s1. The van der Waals surface area contributed by atoms with Gasteiger partial charge in [0.1, 0.15) is 0 Å². The van der Waals surface area contributed by atoms with Gasteiger partial charge in [0.05, 0.1) is 38.5 Å². The molecule has 3 aliphatic rings. The molecule has 0 radical (unpaired) electrons. The van der Waals surface area contributed by atoms with Gasteiger partial charge in [0.15, 0.2) is 0 Å². The maximum Gasteiger partial charge on any atom is 0.214 e. The van der Waals surface area contributed by atoms with Crippen molar-refractivity contribution in [2.24, 2.45) is 17.8 Å². The molecule has 0 amide bonds. The van der Waals surface area contributed by atoms with Crippen LogP contribution < -0.4 is 4.90 Å². The van der Waals surface area contributed by atoms with Crippen LogP contribution in [-0.4, -0.2) is 51.2 Å². The number of hydrogen-bond acceptors (Lipinski definition) is 2. The van der Waals surface area contributed by atoms with Crippen LogP contribution in [0.3, 0.4) is 0 Å². The first-order valence-corrected chi connectivity index (χ1v) is 9.19. The second kappa shape index (κ2) is 5.19. The Balaban J connectivity index is 1.50. The fourth-order valence-electron chi connectivity index (χ4n) is 3.97. The summed E-state index contributed by atoms with van der Waals surface area (Å²) in [5, 5.41) is 0. The van der Waals surface area contributed by atoms with Crippen LogP contribution in [0.15, 0.2) is 12.2 Å². The van der Waals surface area contributed by atoms with E-state index < -0.39 is 10.0 Å². The third kappa shape index (κ3) is 2.73. The van der Waals surface area contributed by atoms with Crippen LogP contribution in [0, 0.1) is 17.8 Å². The Morgan fingerprint density at radius 3 is 2.47 bits per heavy atom. The Labute approximate surface area is 116 Å². The van der Waals surface area contributed by atoms with Gasteiger partial charge in [-0.15, -0.1) is 0 Å². The molecule has 2 aliphatic carbocycles. The quantitative estimate of drug-likeness (QED) is 0.724. The van der Waals surface area contributed by atoms with Crippen LogP contribution in [-0.2, 0) is 10.0 Å². The van der Waals surface area contributed by atoms with Gasteiger partial charge in [-0.3, -0.25) is 0 Å². The number of piperazine rings is 1. The Hall–Kier alpha value is -0.390. The molecule has 3 rings (SSSR count). The number of allylic oxidation sites excluding steroid dienone is 2. The molecule has 19 heavy (non-hydrogen) atoms. The molecule has 3 atom stereocenters. The summed E-state index contributed by atoms with van der Waals surface area (Å²) in [7, 11) is -2.97. The summed E-state index contributed by atoms with van der Waals surface area (Å²) in [5.41, 5.74) is 0. The predicted octanol–water partition coefficient (Wildman–Crippen LogP) is -0.251. The summed E-state index contributed by atoms with van der Waals surface area (Å²) in [6.45, 7) is 6.36. The van der Waals surface area contributed by atoms with E-state index in [1.807, 2.05) is 0 Å². The fraction of sp³-hybridized carbons (Fsp3) is 0.857. The lowest BCUT2D eigenvalue weighted by Gasteiger charge is -2.33. The van der Waals surface area contributed by atoms with E-state index in [1.54, 1.807) is 16.1 Å². The zero-order chi connectivity index (χ0) is 13.5. The van der Waals surface area contributed by atoms with Gasteiger partial charge in [0.2, 0.25) is 10.0 Å². The smallest absolute Gasteiger partial charge is 0.214 e. The van der Waals surface area contributed by atoms with Crippen molar-refractivity contribution in [2.45, 2.75) is 19.8 Å². The zero-order valence-electron chi connectivity index (χ0n) is 11.7. The molecule has 0 unspecified atom stereocenters. The van der Waals surface area contributed by atoms with Crippen molar-refractivity contribution in [3.63, 3.8) is 0 Å². The Bertz CT molecular complexity index is 452. The number of quaternary nitrogens is 1. The minimum Gasteiger partial charge on any atom is -0.333 e. The van der Waals surface area contributed by atoms with Gasteiger partial charge in [-0.05, 0) is 31.6 Å². The molecule has 1 saturated carbocycles. The number of nitrogens with one attached hydrogen (secondary N) is 1. The maximum atomic E-state index is 11.8. The highest BCUT2D eigenvalue weighted by Crippen LogP contribution is 2.42. The molecule has 1 saturated heterocycles. The van der Waals surface area contributed by atoms with E-state index in [0.717, 1.165) is 30.8 Å². The van der Waals surface area contributed by atoms with Crippen LogP contribution in [0.25, 0.3) is 0 Å². The SMILES string of the molecule is CCS(=O)(=O)N1CC[NH+](C[C@H]2C[C@H]3C=C[C@@H]2C3)CC1. The van der Waals surface area contributed by atoms with E-state index in [-0.39, 0.29) is 5.75 Å². The van der Waals surface area contributed by atoms with Crippen LogP contribution in [0.2, 0.25) is 0 Å². The predicted molar refractivity (Wildman–Crippen MR) is 75.4 cm³/mol. The van der Waals surface area contributed by atoms with Crippen LogP contribution in [0.1, 0.15) is 19.8 Å². The third-order valence-electron chi connectivity index (χ3n) is 5.15. The van der Waals surface area contributed by atoms with Crippen molar-refractivity contribution >= 4 is 10.0 Å². The van der Waals surface area contributed by atoms with E-state index in [9.17, 15) is 8.42 Å². The number of hydrogen-bond donors (Lipinski definition) is 1. The molecular formula is C14H25N2O2S+. The fourth-order valence-corrected chi connectivity index (χ4v) is 5.07. The van der Waals surface area contributed by atoms with Crippen LogP contribution in [0.4, 0.5) is 0 Å². The molecule has 2 fully saturated rings. The third-order valence-corrected chi connectivity index (χ3v) is 7.04. The van der Waals surface area contributed by atoms with E-state index >= 15 is 0 Å². The van der Waals surface area contributed by atoms with Gasteiger partial charge in [-0.1, -0.05) is 12.2 Å². The van der Waals surface area contributed by atoms with Crippen molar-refractivity contribution in [1.29, 1.82) is 0 Å². The highest BCUT2D eigenvalue weighted by molar-refractivity contribution is 7.89. The summed E-state index contributed by atoms with van der Waals surface area (Å²) in [5.74, 6) is 2.74. The number of fused-ring (bicyclic) bond motifs is 2. The Morgan fingerprint density at radius 1 is 1.21 bits per heavy atom.